The lowest BCUT2D eigenvalue weighted by Crippen LogP contribution is -2.09. The van der Waals surface area contributed by atoms with Gasteiger partial charge in [-0.2, -0.15) is 0 Å². The second kappa shape index (κ2) is 2.33. The van der Waals surface area contributed by atoms with Gasteiger partial charge in [0, 0.05) is 6.42 Å². The van der Waals surface area contributed by atoms with Gasteiger partial charge in [-0.05, 0) is 37.3 Å². The van der Waals surface area contributed by atoms with Crippen LogP contribution in [0, 0.1) is 5.92 Å². The Balaban J connectivity index is 2.30. The van der Waals surface area contributed by atoms with E-state index in [1.165, 1.54) is 17.6 Å². The van der Waals surface area contributed by atoms with Crippen LogP contribution in [0.2, 0.25) is 0 Å². The topological polar surface area (TPSA) is 17.1 Å². The van der Waals surface area contributed by atoms with Crippen molar-refractivity contribution in [1.82, 2.24) is 0 Å². The number of carbonyl (C=O) groups excluding carboxylic acids is 1. The van der Waals surface area contributed by atoms with Crippen LogP contribution in [0.25, 0.3) is 0 Å². The summed E-state index contributed by atoms with van der Waals surface area (Å²) in [6.45, 7) is 2.14. The van der Waals surface area contributed by atoms with Crippen LogP contribution in [0.5, 0.6) is 0 Å². The molecule has 11 heavy (non-hydrogen) atoms. The molecule has 0 saturated heterocycles. The van der Waals surface area contributed by atoms with Gasteiger partial charge >= 0.3 is 0 Å². The van der Waals surface area contributed by atoms with Crippen LogP contribution in [-0.2, 0) is 4.79 Å². The Morgan fingerprint density at radius 3 is 3.09 bits per heavy atom. The number of ketones is 1. The largest absolute Gasteiger partial charge is 0.295 e. The van der Waals surface area contributed by atoms with E-state index in [0.717, 1.165) is 12.8 Å². The molecule has 0 fully saturated rings. The van der Waals surface area contributed by atoms with Crippen LogP contribution in [-0.4, -0.2) is 5.78 Å². The normalized spacial score (nSPS) is 29.5. The highest BCUT2D eigenvalue weighted by molar-refractivity contribution is 5.92. The van der Waals surface area contributed by atoms with E-state index in [4.69, 9.17) is 0 Å². The van der Waals surface area contributed by atoms with Crippen LogP contribution < -0.4 is 0 Å². The zero-order chi connectivity index (χ0) is 7.84. The van der Waals surface area contributed by atoms with Gasteiger partial charge < -0.3 is 0 Å². The fourth-order valence-corrected chi connectivity index (χ4v) is 1.97. The maximum Gasteiger partial charge on any atom is 0.155 e. The molecule has 0 N–H and O–H groups in total. The van der Waals surface area contributed by atoms with E-state index in [1.807, 2.05) is 6.08 Å². The molecule has 0 amide bonds. The molecule has 0 saturated carbocycles. The van der Waals surface area contributed by atoms with Gasteiger partial charge in [0.2, 0.25) is 0 Å². The summed E-state index contributed by atoms with van der Waals surface area (Å²) in [5.41, 5.74) is 2.70. The number of fused-ring (bicyclic) bond motifs is 1. The average molecular weight is 148 g/mol. The van der Waals surface area contributed by atoms with Crippen molar-refractivity contribution in [2.24, 2.45) is 5.92 Å². The van der Waals surface area contributed by atoms with Crippen LogP contribution in [0.3, 0.4) is 0 Å². The lowest BCUT2D eigenvalue weighted by molar-refractivity contribution is -0.115. The third-order valence-corrected chi connectivity index (χ3v) is 2.52. The molecule has 2 aliphatic carbocycles. The fraction of sp³-hybridized carbons (Fsp3) is 0.500. The van der Waals surface area contributed by atoms with Crippen LogP contribution >= 0.6 is 0 Å². The molecule has 1 heteroatoms. The molecule has 0 aromatic carbocycles. The number of allylic oxidation sites excluding steroid dienone is 4. The van der Waals surface area contributed by atoms with E-state index in [9.17, 15) is 4.79 Å². The highest BCUT2D eigenvalue weighted by Gasteiger charge is 2.24. The van der Waals surface area contributed by atoms with Gasteiger partial charge in [-0.25, -0.2) is 0 Å². The van der Waals surface area contributed by atoms with E-state index >= 15 is 0 Å². The van der Waals surface area contributed by atoms with Crippen molar-refractivity contribution in [2.45, 2.75) is 26.2 Å². The third kappa shape index (κ3) is 1.15. The highest BCUT2D eigenvalue weighted by Crippen LogP contribution is 2.35. The lowest BCUT2D eigenvalue weighted by Gasteiger charge is -2.15. The summed E-state index contributed by atoms with van der Waals surface area (Å²) in [7, 11) is 0. The molecule has 1 atom stereocenters. The Labute approximate surface area is 66.8 Å². The average Bonchev–Trinajstić information content (AvgIpc) is 2.27. The van der Waals surface area contributed by atoms with Gasteiger partial charge in [0.1, 0.15) is 0 Å². The first-order valence-corrected chi connectivity index (χ1v) is 4.17. The summed E-state index contributed by atoms with van der Waals surface area (Å²) < 4.78 is 0. The lowest BCUT2D eigenvalue weighted by atomic mass is 9.89. The van der Waals surface area contributed by atoms with Crippen molar-refractivity contribution in [1.29, 1.82) is 0 Å². The van der Waals surface area contributed by atoms with Gasteiger partial charge in [-0.1, -0.05) is 11.6 Å². The van der Waals surface area contributed by atoms with Crippen molar-refractivity contribution >= 4 is 5.78 Å². The monoisotopic (exact) mass is 148 g/mol. The number of hydrogen-bond donors (Lipinski definition) is 0. The first-order valence-electron chi connectivity index (χ1n) is 4.17. The Bertz CT molecular complexity index is 258. The molecule has 2 aliphatic rings. The van der Waals surface area contributed by atoms with Gasteiger partial charge in [0.05, 0.1) is 0 Å². The second-order valence-corrected chi connectivity index (χ2v) is 3.54. The van der Waals surface area contributed by atoms with Crippen molar-refractivity contribution in [3.63, 3.8) is 0 Å². The molecule has 1 nitrogen and oxygen atoms in total. The molecule has 0 radical (unpaired) electrons. The maximum absolute atomic E-state index is 11.0. The minimum Gasteiger partial charge on any atom is -0.295 e. The molecular weight excluding hydrogens is 136 g/mol. The van der Waals surface area contributed by atoms with Crippen LogP contribution in [0.4, 0.5) is 0 Å². The predicted octanol–water partition coefficient (Wildman–Crippen LogP) is 2.24. The van der Waals surface area contributed by atoms with Gasteiger partial charge in [0.25, 0.3) is 0 Å². The SMILES string of the molecule is CC1=CC2=CC(=O)CCC2C1. The highest BCUT2D eigenvalue weighted by atomic mass is 16.1. The smallest absolute Gasteiger partial charge is 0.155 e. The summed E-state index contributed by atoms with van der Waals surface area (Å²) in [4.78, 5) is 11.0. The second-order valence-electron chi connectivity index (χ2n) is 3.54. The quantitative estimate of drug-likeness (QED) is 0.515. The number of rotatable bonds is 0. The predicted molar refractivity (Wildman–Crippen MR) is 44.2 cm³/mol. The molecule has 0 bridgehead atoms. The standard InChI is InChI=1S/C10H12O/c1-7-4-8-2-3-10(11)6-9(8)5-7/h5-6,8H,2-4H2,1H3. The summed E-state index contributed by atoms with van der Waals surface area (Å²) in [6.07, 6.45) is 7.00. The molecule has 1 unspecified atom stereocenters. The Hall–Kier alpha value is -0.850. The van der Waals surface area contributed by atoms with Crippen molar-refractivity contribution in [2.75, 3.05) is 0 Å². The molecular formula is C10H12O. The van der Waals surface area contributed by atoms with E-state index in [1.54, 1.807) is 0 Å². The zero-order valence-electron chi connectivity index (χ0n) is 6.76. The fourth-order valence-electron chi connectivity index (χ4n) is 1.97. The van der Waals surface area contributed by atoms with E-state index in [-0.39, 0.29) is 0 Å². The number of hydrogen-bond acceptors (Lipinski definition) is 1. The van der Waals surface area contributed by atoms with Gasteiger partial charge in [-0.3, -0.25) is 4.79 Å². The van der Waals surface area contributed by atoms with Crippen LogP contribution in [0.1, 0.15) is 26.2 Å². The molecule has 0 heterocycles. The van der Waals surface area contributed by atoms with Gasteiger partial charge in [0.15, 0.2) is 5.78 Å². The molecule has 0 aromatic heterocycles. The van der Waals surface area contributed by atoms with Crippen LogP contribution in [0.15, 0.2) is 23.3 Å². The summed E-state index contributed by atoms with van der Waals surface area (Å²) in [6, 6.07) is 0. The molecule has 0 aromatic rings. The Morgan fingerprint density at radius 1 is 1.45 bits per heavy atom. The molecule has 0 spiro atoms. The first-order chi connectivity index (χ1) is 5.25. The zero-order valence-corrected chi connectivity index (χ0v) is 6.76. The van der Waals surface area contributed by atoms with Crippen molar-refractivity contribution < 1.29 is 4.79 Å². The van der Waals surface area contributed by atoms with Gasteiger partial charge in [-0.15, -0.1) is 0 Å². The minimum atomic E-state index is 0.308. The minimum absolute atomic E-state index is 0.308. The molecule has 0 aliphatic heterocycles. The van der Waals surface area contributed by atoms with E-state index < -0.39 is 0 Å². The first kappa shape index (κ1) is 6.84. The Kier molecular flexibility index (Phi) is 1.45. The van der Waals surface area contributed by atoms with Crippen molar-refractivity contribution in [3.05, 3.63) is 23.3 Å². The molecule has 58 valence electrons. The third-order valence-electron chi connectivity index (χ3n) is 2.52. The Morgan fingerprint density at radius 2 is 2.27 bits per heavy atom. The maximum atomic E-state index is 11.0. The number of carbonyl (C=O) groups is 1. The van der Waals surface area contributed by atoms with E-state index in [2.05, 4.69) is 13.0 Å². The van der Waals surface area contributed by atoms with Crippen molar-refractivity contribution in [3.8, 4) is 0 Å². The molecule has 2 rings (SSSR count). The summed E-state index contributed by atoms with van der Waals surface area (Å²) in [5, 5.41) is 0. The summed E-state index contributed by atoms with van der Waals surface area (Å²) >= 11 is 0. The summed E-state index contributed by atoms with van der Waals surface area (Å²) in [5.74, 6) is 0.981. The van der Waals surface area contributed by atoms with E-state index in [0.29, 0.717) is 11.7 Å².